The van der Waals surface area contributed by atoms with Gasteiger partial charge in [0, 0.05) is 9.99 Å². The molecule has 1 aromatic rings. The molecule has 0 heterocycles. The zero-order chi connectivity index (χ0) is 13.5. The fourth-order valence-corrected chi connectivity index (χ4v) is 1.91. The molecule has 18 heavy (non-hydrogen) atoms. The van der Waals surface area contributed by atoms with Gasteiger partial charge in [-0.15, -0.1) is 0 Å². The van der Waals surface area contributed by atoms with Crippen molar-refractivity contribution < 1.29 is 19.4 Å². The molecule has 0 aliphatic carbocycles. The first-order valence-electron chi connectivity index (χ1n) is 5.73. The molecule has 0 saturated carbocycles. The molecular weight excluding hydrogens is 347 g/mol. The van der Waals surface area contributed by atoms with Crippen LogP contribution in [0.1, 0.15) is 24.8 Å². The Morgan fingerprint density at radius 1 is 1.33 bits per heavy atom. The van der Waals surface area contributed by atoms with Crippen molar-refractivity contribution in [3.05, 3.63) is 21.3 Å². The number of benzene rings is 1. The average molecular weight is 364 g/mol. The van der Waals surface area contributed by atoms with E-state index in [0.717, 1.165) is 15.6 Å². The summed E-state index contributed by atoms with van der Waals surface area (Å²) in [4.78, 5) is 10.4. The van der Waals surface area contributed by atoms with Gasteiger partial charge in [-0.25, -0.2) is 0 Å². The minimum atomic E-state index is -0.766. The standard InChI is InChI=1S/C13H17IO4/c1-9-7-12(11(17-2)8-10(9)14)18-6-4-3-5-13(15)16/h7-8H,3-6H2,1-2H3,(H,15,16). The summed E-state index contributed by atoms with van der Waals surface area (Å²) in [5, 5.41) is 8.52. The van der Waals surface area contributed by atoms with Gasteiger partial charge in [-0.05, 0) is 60.1 Å². The lowest BCUT2D eigenvalue weighted by Crippen LogP contribution is -2.02. The van der Waals surface area contributed by atoms with Crippen molar-refractivity contribution >= 4 is 28.6 Å². The number of aliphatic carboxylic acids is 1. The molecule has 0 amide bonds. The number of carboxylic acid groups (broad SMARTS) is 1. The Hall–Kier alpha value is -0.980. The molecule has 4 nitrogen and oxygen atoms in total. The van der Waals surface area contributed by atoms with Crippen LogP contribution in [0.25, 0.3) is 0 Å². The van der Waals surface area contributed by atoms with Crippen molar-refractivity contribution in [3.63, 3.8) is 0 Å². The van der Waals surface area contributed by atoms with Gasteiger partial charge in [0.05, 0.1) is 13.7 Å². The number of hydrogen-bond acceptors (Lipinski definition) is 3. The van der Waals surface area contributed by atoms with E-state index in [1.54, 1.807) is 7.11 Å². The molecule has 1 aromatic carbocycles. The molecule has 100 valence electrons. The normalized spacial score (nSPS) is 10.2. The maximum atomic E-state index is 10.4. The van der Waals surface area contributed by atoms with Crippen molar-refractivity contribution in [2.75, 3.05) is 13.7 Å². The van der Waals surface area contributed by atoms with Gasteiger partial charge < -0.3 is 14.6 Å². The van der Waals surface area contributed by atoms with E-state index in [0.29, 0.717) is 24.5 Å². The number of carbonyl (C=O) groups is 1. The Bertz CT molecular complexity index is 418. The molecule has 0 aromatic heterocycles. The van der Waals surface area contributed by atoms with Gasteiger partial charge in [0.2, 0.25) is 0 Å². The lowest BCUT2D eigenvalue weighted by atomic mass is 10.2. The molecule has 0 aliphatic heterocycles. The van der Waals surface area contributed by atoms with Crippen LogP contribution in [0.2, 0.25) is 0 Å². The van der Waals surface area contributed by atoms with Crippen molar-refractivity contribution in [2.24, 2.45) is 0 Å². The van der Waals surface area contributed by atoms with Gasteiger partial charge in [0.15, 0.2) is 11.5 Å². The average Bonchev–Trinajstić information content (AvgIpc) is 2.32. The van der Waals surface area contributed by atoms with Crippen molar-refractivity contribution in [3.8, 4) is 11.5 Å². The van der Waals surface area contributed by atoms with Crippen LogP contribution in [0.5, 0.6) is 11.5 Å². The number of hydrogen-bond donors (Lipinski definition) is 1. The van der Waals surface area contributed by atoms with Crippen LogP contribution in [0.4, 0.5) is 0 Å². The van der Waals surface area contributed by atoms with E-state index in [4.69, 9.17) is 14.6 Å². The molecule has 0 saturated heterocycles. The van der Waals surface area contributed by atoms with Crippen molar-refractivity contribution in [1.29, 1.82) is 0 Å². The molecule has 0 atom stereocenters. The van der Waals surface area contributed by atoms with Gasteiger partial charge >= 0.3 is 5.97 Å². The van der Waals surface area contributed by atoms with Gasteiger partial charge in [0.25, 0.3) is 0 Å². The largest absolute Gasteiger partial charge is 0.493 e. The number of unbranched alkanes of at least 4 members (excludes halogenated alkanes) is 1. The van der Waals surface area contributed by atoms with Gasteiger partial charge in [-0.3, -0.25) is 4.79 Å². The lowest BCUT2D eigenvalue weighted by Gasteiger charge is -2.12. The van der Waals surface area contributed by atoms with Crippen LogP contribution in [-0.2, 0) is 4.79 Å². The van der Waals surface area contributed by atoms with Crippen LogP contribution in [-0.4, -0.2) is 24.8 Å². The summed E-state index contributed by atoms with van der Waals surface area (Å²) in [5.74, 6) is 0.659. The lowest BCUT2D eigenvalue weighted by molar-refractivity contribution is -0.137. The first kappa shape index (κ1) is 15.1. The number of carboxylic acids is 1. The number of rotatable bonds is 7. The third kappa shape index (κ3) is 4.72. The van der Waals surface area contributed by atoms with Crippen LogP contribution in [0.3, 0.4) is 0 Å². The van der Waals surface area contributed by atoms with E-state index in [1.165, 1.54) is 0 Å². The molecular formula is C13H17IO4. The number of aryl methyl sites for hydroxylation is 1. The van der Waals surface area contributed by atoms with E-state index in [2.05, 4.69) is 22.6 Å². The Labute approximate surface area is 120 Å². The SMILES string of the molecule is COc1cc(I)c(C)cc1OCCCCC(=O)O. The topological polar surface area (TPSA) is 55.8 Å². The first-order chi connectivity index (χ1) is 8.54. The van der Waals surface area contributed by atoms with E-state index >= 15 is 0 Å². The smallest absolute Gasteiger partial charge is 0.303 e. The second-order valence-corrected chi connectivity index (χ2v) is 5.11. The number of halogens is 1. The van der Waals surface area contributed by atoms with Crippen molar-refractivity contribution in [1.82, 2.24) is 0 Å². The Morgan fingerprint density at radius 3 is 2.67 bits per heavy atom. The second-order valence-electron chi connectivity index (χ2n) is 3.95. The highest BCUT2D eigenvalue weighted by Crippen LogP contribution is 2.31. The Balaban J connectivity index is 2.51. The summed E-state index contributed by atoms with van der Waals surface area (Å²) in [7, 11) is 1.61. The van der Waals surface area contributed by atoms with E-state index in [9.17, 15) is 4.79 Å². The molecule has 5 heteroatoms. The molecule has 1 rings (SSSR count). The minimum Gasteiger partial charge on any atom is -0.493 e. The van der Waals surface area contributed by atoms with Gasteiger partial charge in [-0.1, -0.05) is 0 Å². The zero-order valence-corrected chi connectivity index (χ0v) is 12.7. The Morgan fingerprint density at radius 2 is 2.06 bits per heavy atom. The maximum Gasteiger partial charge on any atom is 0.303 e. The predicted molar refractivity (Wildman–Crippen MR) is 77.4 cm³/mol. The highest BCUT2D eigenvalue weighted by atomic mass is 127. The van der Waals surface area contributed by atoms with Crippen LogP contribution >= 0.6 is 22.6 Å². The molecule has 0 aliphatic rings. The molecule has 0 unspecified atom stereocenters. The van der Waals surface area contributed by atoms with Crippen molar-refractivity contribution in [2.45, 2.75) is 26.2 Å². The summed E-state index contributed by atoms with van der Waals surface area (Å²) < 4.78 is 12.0. The molecule has 0 bridgehead atoms. The quantitative estimate of drug-likeness (QED) is 0.596. The summed E-state index contributed by atoms with van der Waals surface area (Å²) in [6.45, 7) is 2.52. The fraction of sp³-hybridized carbons (Fsp3) is 0.462. The third-order valence-corrected chi connectivity index (χ3v) is 3.65. The number of methoxy groups -OCH3 is 1. The van der Waals surface area contributed by atoms with Gasteiger partial charge in [0.1, 0.15) is 0 Å². The first-order valence-corrected chi connectivity index (χ1v) is 6.81. The van der Waals surface area contributed by atoms with Crippen LogP contribution < -0.4 is 9.47 Å². The minimum absolute atomic E-state index is 0.187. The van der Waals surface area contributed by atoms with Crippen LogP contribution in [0, 0.1) is 10.5 Å². The summed E-state index contributed by atoms with van der Waals surface area (Å²) >= 11 is 2.25. The molecule has 0 fully saturated rings. The second kappa shape index (κ2) is 7.45. The van der Waals surface area contributed by atoms with E-state index in [-0.39, 0.29) is 6.42 Å². The zero-order valence-electron chi connectivity index (χ0n) is 10.5. The van der Waals surface area contributed by atoms with E-state index < -0.39 is 5.97 Å². The predicted octanol–water partition coefficient (Wildman–Crippen LogP) is 3.24. The highest BCUT2D eigenvalue weighted by Gasteiger charge is 2.07. The van der Waals surface area contributed by atoms with Gasteiger partial charge in [-0.2, -0.15) is 0 Å². The maximum absolute atomic E-state index is 10.4. The molecule has 1 N–H and O–H groups in total. The van der Waals surface area contributed by atoms with Crippen LogP contribution in [0.15, 0.2) is 12.1 Å². The summed E-state index contributed by atoms with van der Waals surface area (Å²) in [6.07, 6.45) is 1.54. The summed E-state index contributed by atoms with van der Waals surface area (Å²) in [5.41, 5.74) is 1.14. The monoisotopic (exact) mass is 364 g/mol. The molecule has 0 spiro atoms. The summed E-state index contributed by atoms with van der Waals surface area (Å²) in [6, 6.07) is 3.88. The van der Waals surface area contributed by atoms with E-state index in [1.807, 2.05) is 19.1 Å². The highest BCUT2D eigenvalue weighted by molar-refractivity contribution is 14.1. The fourth-order valence-electron chi connectivity index (χ4n) is 1.47. The molecule has 0 radical (unpaired) electrons. The Kier molecular flexibility index (Phi) is 6.24. The number of ether oxygens (including phenoxy) is 2. The third-order valence-electron chi connectivity index (χ3n) is 2.49.